The van der Waals surface area contributed by atoms with E-state index in [1.54, 1.807) is 18.2 Å². The standard InChI is InChI=1S/C12H15N3O3/c1-18-10-5-3-2-4-9(10)15-12(17)8(6-7-13)11(16)14-15/h2-5,17H,6-7,13H2,1H3,(H,14,16). The first-order chi connectivity index (χ1) is 8.69. The van der Waals surface area contributed by atoms with E-state index in [9.17, 15) is 9.90 Å². The Balaban J connectivity index is 2.58. The molecule has 2 aromatic rings. The van der Waals surface area contributed by atoms with Crippen molar-refractivity contribution < 1.29 is 9.84 Å². The zero-order valence-electron chi connectivity index (χ0n) is 10.0. The van der Waals surface area contributed by atoms with Crippen LogP contribution in [0.15, 0.2) is 29.1 Å². The highest BCUT2D eigenvalue weighted by Gasteiger charge is 2.16. The lowest BCUT2D eigenvalue weighted by atomic mass is 10.2. The molecule has 0 spiro atoms. The summed E-state index contributed by atoms with van der Waals surface area (Å²) in [4.78, 5) is 11.7. The average molecular weight is 249 g/mol. The lowest BCUT2D eigenvalue weighted by Gasteiger charge is -2.09. The average Bonchev–Trinajstić information content (AvgIpc) is 2.67. The fourth-order valence-corrected chi connectivity index (χ4v) is 1.82. The van der Waals surface area contributed by atoms with Crippen LogP contribution in [0.1, 0.15) is 5.56 Å². The Morgan fingerprint density at radius 2 is 2.17 bits per heavy atom. The summed E-state index contributed by atoms with van der Waals surface area (Å²) in [6.07, 6.45) is 0.323. The molecular weight excluding hydrogens is 234 g/mol. The Morgan fingerprint density at radius 1 is 1.44 bits per heavy atom. The van der Waals surface area contributed by atoms with Crippen LogP contribution in [-0.4, -0.2) is 28.5 Å². The molecule has 0 saturated heterocycles. The van der Waals surface area contributed by atoms with Crippen LogP contribution in [0.2, 0.25) is 0 Å². The van der Waals surface area contributed by atoms with Gasteiger partial charge in [-0.15, -0.1) is 0 Å². The Bertz CT molecular complexity index is 601. The monoisotopic (exact) mass is 249 g/mol. The summed E-state index contributed by atoms with van der Waals surface area (Å²) in [7, 11) is 1.53. The fraction of sp³-hybridized carbons (Fsp3) is 0.250. The molecule has 0 amide bonds. The number of benzene rings is 1. The van der Waals surface area contributed by atoms with Gasteiger partial charge in [0.25, 0.3) is 5.56 Å². The maximum Gasteiger partial charge on any atom is 0.271 e. The number of nitrogens with zero attached hydrogens (tertiary/aromatic N) is 1. The van der Waals surface area contributed by atoms with Gasteiger partial charge in [0, 0.05) is 0 Å². The van der Waals surface area contributed by atoms with Crippen LogP contribution in [0.3, 0.4) is 0 Å². The van der Waals surface area contributed by atoms with Crippen LogP contribution >= 0.6 is 0 Å². The van der Waals surface area contributed by atoms with Gasteiger partial charge in [0.2, 0.25) is 5.88 Å². The molecule has 96 valence electrons. The van der Waals surface area contributed by atoms with E-state index in [2.05, 4.69) is 5.10 Å². The van der Waals surface area contributed by atoms with E-state index in [-0.39, 0.29) is 17.0 Å². The lowest BCUT2D eigenvalue weighted by molar-refractivity contribution is 0.400. The van der Waals surface area contributed by atoms with Gasteiger partial charge >= 0.3 is 0 Å². The number of hydrogen-bond acceptors (Lipinski definition) is 4. The highest BCUT2D eigenvalue weighted by Crippen LogP contribution is 2.26. The number of para-hydroxylation sites is 2. The van der Waals surface area contributed by atoms with E-state index in [4.69, 9.17) is 10.5 Å². The van der Waals surface area contributed by atoms with Crippen LogP contribution in [0.5, 0.6) is 11.6 Å². The first kappa shape index (κ1) is 12.3. The predicted molar refractivity (Wildman–Crippen MR) is 67.4 cm³/mol. The van der Waals surface area contributed by atoms with E-state index >= 15 is 0 Å². The van der Waals surface area contributed by atoms with Crippen molar-refractivity contribution in [3.63, 3.8) is 0 Å². The second-order valence-corrected chi connectivity index (χ2v) is 3.79. The molecule has 4 N–H and O–H groups in total. The molecule has 0 fully saturated rings. The first-order valence-electron chi connectivity index (χ1n) is 5.55. The van der Waals surface area contributed by atoms with E-state index in [1.165, 1.54) is 11.8 Å². The maximum atomic E-state index is 11.7. The molecule has 0 radical (unpaired) electrons. The van der Waals surface area contributed by atoms with Gasteiger partial charge in [0.05, 0.1) is 12.7 Å². The minimum absolute atomic E-state index is 0.130. The Labute approximate surface area is 104 Å². The van der Waals surface area contributed by atoms with Crippen LogP contribution in [-0.2, 0) is 6.42 Å². The number of ether oxygens (including phenoxy) is 1. The number of nitrogens with two attached hydrogens (primary N) is 1. The zero-order chi connectivity index (χ0) is 13.1. The van der Waals surface area contributed by atoms with Gasteiger partial charge in [0.1, 0.15) is 11.4 Å². The van der Waals surface area contributed by atoms with Crippen LogP contribution < -0.4 is 16.0 Å². The number of methoxy groups -OCH3 is 1. The van der Waals surface area contributed by atoms with Crippen LogP contribution in [0, 0.1) is 0 Å². The summed E-state index contributed by atoms with van der Waals surface area (Å²) in [6, 6.07) is 7.08. The minimum Gasteiger partial charge on any atom is -0.494 e. The molecule has 1 aromatic heterocycles. The zero-order valence-corrected chi connectivity index (χ0v) is 10.0. The van der Waals surface area contributed by atoms with Gasteiger partial charge in [-0.2, -0.15) is 0 Å². The van der Waals surface area contributed by atoms with Gasteiger partial charge in [0.15, 0.2) is 0 Å². The molecule has 6 heteroatoms. The lowest BCUT2D eigenvalue weighted by Crippen LogP contribution is -2.11. The van der Waals surface area contributed by atoms with E-state index in [0.29, 0.717) is 24.4 Å². The second kappa shape index (κ2) is 4.97. The molecule has 1 aromatic carbocycles. The molecule has 2 rings (SSSR count). The van der Waals surface area contributed by atoms with Crippen molar-refractivity contribution in [2.75, 3.05) is 13.7 Å². The molecule has 0 atom stereocenters. The molecule has 1 heterocycles. The predicted octanol–water partition coefficient (Wildman–Crippen LogP) is 0.381. The van der Waals surface area contributed by atoms with Crippen molar-refractivity contribution in [2.45, 2.75) is 6.42 Å². The van der Waals surface area contributed by atoms with Crippen LogP contribution in [0.4, 0.5) is 0 Å². The summed E-state index contributed by atoms with van der Waals surface area (Å²) >= 11 is 0. The normalized spacial score (nSPS) is 10.6. The first-order valence-corrected chi connectivity index (χ1v) is 5.55. The third-order valence-electron chi connectivity index (χ3n) is 2.69. The Kier molecular flexibility index (Phi) is 3.38. The number of nitrogens with one attached hydrogen (secondary N) is 1. The maximum absolute atomic E-state index is 11.7. The molecule has 0 unspecified atom stereocenters. The van der Waals surface area contributed by atoms with E-state index < -0.39 is 0 Å². The summed E-state index contributed by atoms with van der Waals surface area (Å²) in [5, 5.41) is 12.6. The quantitative estimate of drug-likeness (QED) is 0.730. The Morgan fingerprint density at radius 3 is 2.83 bits per heavy atom. The van der Waals surface area contributed by atoms with Gasteiger partial charge in [-0.3, -0.25) is 9.89 Å². The summed E-state index contributed by atoms with van der Waals surface area (Å²) in [5.41, 5.74) is 5.91. The summed E-state index contributed by atoms with van der Waals surface area (Å²) < 4.78 is 6.48. The summed E-state index contributed by atoms with van der Waals surface area (Å²) in [5.74, 6) is 0.424. The topological polar surface area (TPSA) is 93.3 Å². The number of aromatic hydroxyl groups is 1. The summed E-state index contributed by atoms with van der Waals surface area (Å²) in [6.45, 7) is 0.298. The van der Waals surface area contributed by atoms with Crippen molar-refractivity contribution in [1.29, 1.82) is 0 Å². The molecule has 0 aliphatic carbocycles. The molecule has 0 saturated carbocycles. The molecule has 6 nitrogen and oxygen atoms in total. The van der Waals surface area contributed by atoms with Crippen molar-refractivity contribution in [2.24, 2.45) is 5.73 Å². The molecule has 0 aliphatic rings. The molecule has 0 bridgehead atoms. The van der Waals surface area contributed by atoms with Gasteiger partial charge in [-0.05, 0) is 25.1 Å². The van der Waals surface area contributed by atoms with Gasteiger partial charge in [-0.25, -0.2) is 4.68 Å². The molecule has 0 aliphatic heterocycles. The van der Waals surface area contributed by atoms with E-state index in [1.807, 2.05) is 6.07 Å². The molecular formula is C12H15N3O3. The molecule has 18 heavy (non-hydrogen) atoms. The number of H-pyrrole nitrogens is 1. The number of rotatable bonds is 4. The van der Waals surface area contributed by atoms with Crippen LogP contribution in [0.25, 0.3) is 5.69 Å². The van der Waals surface area contributed by atoms with Crippen molar-refractivity contribution in [3.05, 3.63) is 40.2 Å². The smallest absolute Gasteiger partial charge is 0.271 e. The number of hydrogen-bond donors (Lipinski definition) is 3. The highest BCUT2D eigenvalue weighted by atomic mass is 16.5. The second-order valence-electron chi connectivity index (χ2n) is 3.79. The number of aromatic nitrogens is 2. The fourth-order valence-electron chi connectivity index (χ4n) is 1.82. The largest absolute Gasteiger partial charge is 0.494 e. The SMILES string of the molecule is COc1ccccc1-n1[nH]c(=O)c(CCN)c1O. The van der Waals surface area contributed by atoms with Gasteiger partial charge in [-0.1, -0.05) is 12.1 Å². The third kappa shape index (κ3) is 1.98. The number of aromatic amines is 1. The third-order valence-corrected chi connectivity index (χ3v) is 2.69. The van der Waals surface area contributed by atoms with Crippen molar-refractivity contribution in [3.8, 4) is 17.3 Å². The Hall–Kier alpha value is -2.21. The minimum atomic E-state index is -0.344. The van der Waals surface area contributed by atoms with Crippen molar-refractivity contribution in [1.82, 2.24) is 9.78 Å². The highest BCUT2D eigenvalue weighted by molar-refractivity contribution is 5.48. The van der Waals surface area contributed by atoms with E-state index in [0.717, 1.165) is 0 Å². The van der Waals surface area contributed by atoms with Crippen molar-refractivity contribution >= 4 is 0 Å². The van der Waals surface area contributed by atoms with Gasteiger partial charge < -0.3 is 15.6 Å².